The average Bonchev–Trinajstić information content (AvgIpc) is 2.33. The van der Waals surface area contributed by atoms with E-state index in [1.54, 1.807) is 19.1 Å². The topological polar surface area (TPSA) is 47.3 Å². The molecule has 0 bridgehead atoms. The zero-order valence-electron chi connectivity index (χ0n) is 11.7. The van der Waals surface area contributed by atoms with Crippen molar-refractivity contribution in [2.24, 2.45) is 5.92 Å². The Morgan fingerprint density at radius 2 is 2.05 bits per heavy atom. The molecule has 104 valence electrons. The molecule has 19 heavy (non-hydrogen) atoms. The van der Waals surface area contributed by atoms with E-state index in [1.807, 2.05) is 18.7 Å². The minimum absolute atomic E-state index is 0.334. The fourth-order valence-electron chi connectivity index (χ4n) is 2.12. The second kappa shape index (κ2) is 7.10. The molecular weight excluding hydrogens is 243 g/mol. The highest BCUT2D eigenvalue weighted by atomic mass is 19.1. The Hall–Kier alpha value is -1.60. The molecule has 1 atom stereocenters. The second-order valence-electron chi connectivity index (χ2n) is 5.10. The second-order valence-corrected chi connectivity index (χ2v) is 5.10. The molecule has 0 radical (unpaired) electrons. The number of anilines is 1. The molecular formula is C15H21FN2O. The standard InChI is InChI=1S/C15H21FN2O/c1-11(2)10-18(9-5-8-17)15-13(12(3)19)6-4-7-14(15)16/h4,6-7,11-12,19H,5,9-10H2,1-3H3/t12-/m1/s1. The van der Waals surface area contributed by atoms with Crippen molar-refractivity contribution < 1.29 is 9.50 Å². The van der Waals surface area contributed by atoms with Gasteiger partial charge in [0.25, 0.3) is 0 Å². The summed E-state index contributed by atoms with van der Waals surface area (Å²) >= 11 is 0. The van der Waals surface area contributed by atoms with Gasteiger partial charge in [0.1, 0.15) is 5.82 Å². The summed E-state index contributed by atoms with van der Waals surface area (Å²) in [6, 6.07) is 6.79. The zero-order valence-corrected chi connectivity index (χ0v) is 11.7. The summed E-state index contributed by atoms with van der Waals surface area (Å²) in [4.78, 5) is 1.85. The fourth-order valence-corrected chi connectivity index (χ4v) is 2.12. The minimum atomic E-state index is -0.734. The molecule has 1 aromatic carbocycles. The Bertz CT molecular complexity index is 452. The first kappa shape index (κ1) is 15.5. The maximum absolute atomic E-state index is 14.1. The van der Waals surface area contributed by atoms with Crippen LogP contribution in [0.4, 0.5) is 10.1 Å². The van der Waals surface area contributed by atoms with E-state index < -0.39 is 6.10 Å². The normalized spacial score (nSPS) is 12.3. The number of benzene rings is 1. The number of halogens is 1. The van der Waals surface area contributed by atoms with Gasteiger partial charge in [-0.25, -0.2) is 4.39 Å². The number of rotatable bonds is 6. The van der Waals surface area contributed by atoms with Crippen molar-refractivity contribution in [3.05, 3.63) is 29.6 Å². The van der Waals surface area contributed by atoms with Gasteiger partial charge in [-0.05, 0) is 18.9 Å². The van der Waals surface area contributed by atoms with E-state index >= 15 is 0 Å². The monoisotopic (exact) mass is 264 g/mol. The van der Waals surface area contributed by atoms with Gasteiger partial charge in [0.15, 0.2) is 0 Å². The Kier molecular flexibility index (Phi) is 5.78. The smallest absolute Gasteiger partial charge is 0.146 e. The Balaban J connectivity index is 3.16. The fraction of sp³-hybridized carbons (Fsp3) is 0.533. The van der Waals surface area contributed by atoms with Gasteiger partial charge in [0.2, 0.25) is 0 Å². The van der Waals surface area contributed by atoms with E-state index in [1.165, 1.54) is 6.07 Å². The highest BCUT2D eigenvalue weighted by molar-refractivity contribution is 5.56. The predicted molar refractivity (Wildman–Crippen MR) is 74.3 cm³/mol. The van der Waals surface area contributed by atoms with E-state index in [4.69, 9.17) is 5.26 Å². The molecule has 0 aliphatic heterocycles. The van der Waals surface area contributed by atoms with E-state index in [0.717, 1.165) is 0 Å². The van der Waals surface area contributed by atoms with Crippen molar-refractivity contribution in [2.75, 3.05) is 18.0 Å². The summed E-state index contributed by atoms with van der Waals surface area (Å²) < 4.78 is 14.1. The lowest BCUT2D eigenvalue weighted by Crippen LogP contribution is -2.30. The molecule has 0 unspecified atom stereocenters. The summed E-state index contributed by atoms with van der Waals surface area (Å²) in [5, 5.41) is 18.5. The largest absolute Gasteiger partial charge is 0.389 e. The molecule has 1 rings (SSSR count). The van der Waals surface area contributed by atoms with Crippen molar-refractivity contribution in [2.45, 2.75) is 33.3 Å². The Labute approximate surface area is 114 Å². The molecule has 0 aliphatic rings. The number of para-hydroxylation sites is 1. The molecule has 0 fully saturated rings. The van der Waals surface area contributed by atoms with Crippen LogP contribution in [-0.4, -0.2) is 18.2 Å². The van der Waals surface area contributed by atoms with Crippen molar-refractivity contribution in [1.29, 1.82) is 5.26 Å². The van der Waals surface area contributed by atoms with Crippen LogP contribution < -0.4 is 4.90 Å². The van der Waals surface area contributed by atoms with Gasteiger partial charge in [0.05, 0.1) is 24.3 Å². The molecule has 3 nitrogen and oxygen atoms in total. The van der Waals surface area contributed by atoms with Gasteiger partial charge in [0, 0.05) is 18.7 Å². The molecule has 1 aromatic rings. The van der Waals surface area contributed by atoms with E-state index in [0.29, 0.717) is 36.7 Å². The number of nitriles is 1. The minimum Gasteiger partial charge on any atom is -0.389 e. The highest BCUT2D eigenvalue weighted by Crippen LogP contribution is 2.30. The van der Waals surface area contributed by atoms with Crippen LogP contribution in [0.2, 0.25) is 0 Å². The number of hydrogen-bond acceptors (Lipinski definition) is 3. The predicted octanol–water partition coefficient (Wildman–Crippen LogP) is 3.26. The Morgan fingerprint density at radius 1 is 1.37 bits per heavy atom. The molecule has 0 aromatic heterocycles. The lowest BCUT2D eigenvalue weighted by molar-refractivity contribution is 0.199. The van der Waals surface area contributed by atoms with Crippen molar-refractivity contribution >= 4 is 5.69 Å². The van der Waals surface area contributed by atoms with Crippen LogP contribution in [-0.2, 0) is 0 Å². The third-order valence-corrected chi connectivity index (χ3v) is 2.86. The summed E-state index contributed by atoms with van der Waals surface area (Å²) in [5.74, 6) is -0.00265. The van der Waals surface area contributed by atoms with Gasteiger partial charge in [-0.3, -0.25) is 0 Å². The lowest BCUT2D eigenvalue weighted by atomic mass is 10.1. The van der Waals surface area contributed by atoms with Gasteiger partial charge in [-0.15, -0.1) is 0 Å². The number of nitrogens with zero attached hydrogens (tertiary/aromatic N) is 2. The maximum atomic E-state index is 14.1. The molecule has 0 saturated carbocycles. The molecule has 0 amide bonds. The third kappa shape index (κ3) is 4.22. The van der Waals surface area contributed by atoms with Crippen LogP contribution in [0.5, 0.6) is 0 Å². The molecule has 1 N–H and O–H groups in total. The zero-order chi connectivity index (χ0) is 14.4. The van der Waals surface area contributed by atoms with Crippen LogP contribution in [0.15, 0.2) is 18.2 Å². The van der Waals surface area contributed by atoms with Gasteiger partial charge >= 0.3 is 0 Å². The van der Waals surface area contributed by atoms with Crippen LogP contribution in [0.25, 0.3) is 0 Å². The number of aliphatic hydroxyl groups excluding tert-OH is 1. The summed E-state index contributed by atoms with van der Waals surface area (Å²) in [6.45, 7) is 6.83. The summed E-state index contributed by atoms with van der Waals surface area (Å²) in [6.07, 6.45) is -0.400. The van der Waals surface area contributed by atoms with Crippen LogP contribution in [0.3, 0.4) is 0 Å². The molecule has 0 spiro atoms. The first-order chi connectivity index (χ1) is 8.97. The van der Waals surface area contributed by atoms with Crippen molar-refractivity contribution in [3.8, 4) is 6.07 Å². The molecule has 0 aliphatic carbocycles. The highest BCUT2D eigenvalue weighted by Gasteiger charge is 2.19. The Morgan fingerprint density at radius 3 is 2.58 bits per heavy atom. The van der Waals surface area contributed by atoms with Crippen molar-refractivity contribution in [3.63, 3.8) is 0 Å². The van der Waals surface area contributed by atoms with Gasteiger partial charge in [-0.1, -0.05) is 26.0 Å². The number of hydrogen-bond donors (Lipinski definition) is 1. The van der Waals surface area contributed by atoms with E-state index in [2.05, 4.69) is 6.07 Å². The molecule has 4 heteroatoms. The average molecular weight is 264 g/mol. The van der Waals surface area contributed by atoms with Crippen LogP contribution in [0, 0.1) is 23.1 Å². The summed E-state index contributed by atoms with van der Waals surface area (Å²) in [5.41, 5.74) is 0.986. The van der Waals surface area contributed by atoms with E-state index in [-0.39, 0.29) is 5.82 Å². The van der Waals surface area contributed by atoms with E-state index in [9.17, 15) is 9.50 Å². The first-order valence-electron chi connectivity index (χ1n) is 6.55. The molecule has 0 saturated heterocycles. The molecule has 0 heterocycles. The first-order valence-corrected chi connectivity index (χ1v) is 6.55. The number of aliphatic hydroxyl groups is 1. The lowest BCUT2D eigenvalue weighted by Gasteiger charge is -2.29. The quantitative estimate of drug-likeness (QED) is 0.858. The van der Waals surface area contributed by atoms with Crippen molar-refractivity contribution in [1.82, 2.24) is 0 Å². The van der Waals surface area contributed by atoms with Crippen LogP contribution >= 0.6 is 0 Å². The third-order valence-electron chi connectivity index (χ3n) is 2.86. The van der Waals surface area contributed by atoms with Gasteiger partial charge in [-0.2, -0.15) is 5.26 Å². The van der Waals surface area contributed by atoms with Crippen LogP contribution in [0.1, 0.15) is 38.9 Å². The maximum Gasteiger partial charge on any atom is 0.146 e. The SMILES string of the molecule is CC(C)CN(CCC#N)c1c(F)cccc1[C@@H](C)O. The summed E-state index contributed by atoms with van der Waals surface area (Å²) in [7, 11) is 0. The van der Waals surface area contributed by atoms with Gasteiger partial charge < -0.3 is 10.0 Å².